The number of carbonyl (C=O) groups is 3. The highest BCUT2D eigenvalue weighted by atomic mass is 35.5. The van der Waals surface area contributed by atoms with Crippen LogP contribution in [0, 0.1) is 11.8 Å². The van der Waals surface area contributed by atoms with E-state index in [1.165, 1.54) is 0 Å². The molecule has 7 heteroatoms. The highest BCUT2D eigenvalue weighted by Gasteiger charge is 2.62. The predicted octanol–water partition coefficient (Wildman–Crippen LogP) is 1.08. The van der Waals surface area contributed by atoms with Gasteiger partial charge in [0, 0.05) is 5.02 Å². The molecule has 3 fully saturated rings. The fourth-order valence-electron chi connectivity index (χ4n) is 3.77. The fraction of sp³-hybridized carbons (Fsp3) is 0.438. The number of nitrogens with zero attached hydrogens (tertiary/aromatic N) is 1. The molecule has 2 bridgehead atoms. The summed E-state index contributed by atoms with van der Waals surface area (Å²) in [6, 6.07) is 6.85. The molecule has 120 valence electrons. The summed E-state index contributed by atoms with van der Waals surface area (Å²) in [6.07, 6.45) is 1.32. The lowest BCUT2D eigenvalue weighted by molar-refractivity contribution is -0.151. The Morgan fingerprint density at radius 2 is 1.70 bits per heavy atom. The zero-order valence-corrected chi connectivity index (χ0v) is 13.0. The third-order valence-corrected chi connectivity index (χ3v) is 5.05. The van der Waals surface area contributed by atoms with E-state index in [4.69, 9.17) is 16.3 Å². The number of hydrogen-bond acceptors (Lipinski definition) is 4. The number of imide groups is 1. The average molecular weight is 335 g/mol. The molecule has 0 aliphatic carbocycles. The minimum Gasteiger partial charge on any atom is -0.373 e. The first-order valence-electron chi connectivity index (χ1n) is 7.62. The van der Waals surface area contributed by atoms with Gasteiger partial charge in [-0.1, -0.05) is 23.7 Å². The molecule has 3 aliphatic rings. The number of halogens is 1. The second kappa shape index (κ2) is 5.32. The zero-order chi connectivity index (χ0) is 16.1. The van der Waals surface area contributed by atoms with Crippen LogP contribution in [0.15, 0.2) is 24.3 Å². The topological polar surface area (TPSA) is 75.7 Å². The molecular weight excluding hydrogens is 320 g/mol. The van der Waals surface area contributed by atoms with Gasteiger partial charge in [-0.25, -0.2) is 0 Å². The van der Waals surface area contributed by atoms with Crippen molar-refractivity contribution < 1.29 is 19.1 Å². The molecule has 6 nitrogen and oxygen atoms in total. The van der Waals surface area contributed by atoms with E-state index >= 15 is 0 Å². The molecule has 0 spiro atoms. The van der Waals surface area contributed by atoms with Gasteiger partial charge in [-0.05, 0) is 30.5 Å². The van der Waals surface area contributed by atoms with Gasteiger partial charge >= 0.3 is 0 Å². The highest BCUT2D eigenvalue weighted by Crippen LogP contribution is 2.47. The van der Waals surface area contributed by atoms with Crippen molar-refractivity contribution in [3.8, 4) is 0 Å². The minimum absolute atomic E-state index is 0.0763. The quantitative estimate of drug-likeness (QED) is 0.839. The highest BCUT2D eigenvalue weighted by molar-refractivity contribution is 6.30. The molecule has 0 saturated carbocycles. The molecule has 0 aromatic heterocycles. The SMILES string of the molecule is O=C(Cc1ccc(Cl)cc1)NN1C(=O)[C@H]2[C@H](C1=O)[C@H]1CC[C@H]2O1. The number of rotatable bonds is 3. The van der Waals surface area contributed by atoms with Gasteiger partial charge in [-0.2, -0.15) is 5.01 Å². The summed E-state index contributed by atoms with van der Waals surface area (Å²) in [5, 5.41) is 1.48. The van der Waals surface area contributed by atoms with Gasteiger partial charge in [-0.15, -0.1) is 0 Å². The molecule has 1 N–H and O–H groups in total. The van der Waals surface area contributed by atoms with Crippen LogP contribution < -0.4 is 5.43 Å². The molecule has 3 amide bonds. The molecule has 1 aromatic carbocycles. The van der Waals surface area contributed by atoms with E-state index in [-0.39, 0.29) is 30.4 Å². The number of benzene rings is 1. The van der Waals surface area contributed by atoms with Gasteiger partial charge < -0.3 is 4.74 Å². The van der Waals surface area contributed by atoms with Crippen LogP contribution in [0.4, 0.5) is 0 Å². The van der Waals surface area contributed by atoms with Crippen LogP contribution in [0.5, 0.6) is 0 Å². The molecule has 4 rings (SSSR count). The van der Waals surface area contributed by atoms with E-state index in [1.54, 1.807) is 24.3 Å². The van der Waals surface area contributed by atoms with Crippen molar-refractivity contribution in [1.29, 1.82) is 0 Å². The van der Waals surface area contributed by atoms with E-state index in [1.807, 2.05) is 0 Å². The largest absolute Gasteiger partial charge is 0.373 e. The number of amides is 3. The maximum Gasteiger partial charge on any atom is 0.254 e. The summed E-state index contributed by atoms with van der Waals surface area (Å²) in [5.74, 6) is -1.97. The fourth-order valence-corrected chi connectivity index (χ4v) is 3.90. The predicted molar refractivity (Wildman–Crippen MR) is 80.0 cm³/mol. The maximum absolute atomic E-state index is 12.4. The average Bonchev–Trinajstić information content (AvgIpc) is 3.19. The Balaban J connectivity index is 1.44. The van der Waals surface area contributed by atoms with E-state index < -0.39 is 17.7 Å². The van der Waals surface area contributed by atoms with Crippen molar-refractivity contribution in [2.45, 2.75) is 31.5 Å². The molecule has 3 aliphatic heterocycles. The number of hydrazine groups is 1. The van der Waals surface area contributed by atoms with Crippen molar-refractivity contribution >= 4 is 29.3 Å². The second-order valence-electron chi connectivity index (χ2n) is 6.19. The minimum atomic E-state index is -0.433. The Kier molecular flexibility index (Phi) is 3.39. The van der Waals surface area contributed by atoms with Crippen LogP contribution in [-0.4, -0.2) is 34.9 Å². The van der Waals surface area contributed by atoms with Gasteiger partial charge in [-0.3, -0.25) is 19.8 Å². The van der Waals surface area contributed by atoms with E-state index in [0.717, 1.165) is 23.4 Å². The molecule has 0 unspecified atom stereocenters. The smallest absolute Gasteiger partial charge is 0.254 e. The summed E-state index contributed by atoms with van der Waals surface area (Å²) in [7, 11) is 0. The lowest BCUT2D eigenvalue weighted by Crippen LogP contribution is -2.48. The molecule has 3 saturated heterocycles. The summed E-state index contributed by atoms with van der Waals surface area (Å²) >= 11 is 5.80. The van der Waals surface area contributed by atoms with Crippen LogP contribution in [0.2, 0.25) is 5.02 Å². The first kappa shape index (κ1) is 14.7. The molecule has 0 radical (unpaired) electrons. The van der Waals surface area contributed by atoms with E-state index in [2.05, 4.69) is 5.43 Å². The van der Waals surface area contributed by atoms with Gasteiger partial charge in [0.15, 0.2) is 0 Å². The Bertz CT molecular complexity index is 662. The lowest BCUT2D eigenvalue weighted by atomic mass is 9.81. The van der Waals surface area contributed by atoms with Crippen molar-refractivity contribution in [3.63, 3.8) is 0 Å². The number of fused-ring (bicyclic) bond motifs is 5. The van der Waals surface area contributed by atoms with Gasteiger partial charge in [0.1, 0.15) is 0 Å². The normalized spacial score (nSPS) is 31.6. The number of nitrogens with one attached hydrogen (secondary N) is 1. The van der Waals surface area contributed by atoms with Gasteiger partial charge in [0.2, 0.25) is 5.91 Å². The second-order valence-corrected chi connectivity index (χ2v) is 6.63. The zero-order valence-electron chi connectivity index (χ0n) is 12.2. The Morgan fingerprint density at radius 1 is 1.13 bits per heavy atom. The van der Waals surface area contributed by atoms with E-state index in [9.17, 15) is 14.4 Å². The molecular formula is C16H15ClN2O4. The molecule has 1 aromatic rings. The van der Waals surface area contributed by atoms with Crippen molar-refractivity contribution in [2.75, 3.05) is 0 Å². The Labute approximate surface area is 137 Å². The molecule has 3 heterocycles. The summed E-state index contributed by atoms with van der Waals surface area (Å²) in [4.78, 5) is 36.9. The third-order valence-electron chi connectivity index (χ3n) is 4.80. The molecule has 23 heavy (non-hydrogen) atoms. The summed E-state index contributed by atoms with van der Waals surface area (Å²) < 4.78 is 5.65. The van der Waals surface area contributed by atoms with Crippen molar-refractivity contribution in [3.05, 3.63) is 34.9 Å². The number of carbonyl (C=O) groups excluding carboxylic acids is 3. The Morgan fingerprint density at radius 3 is 2.26 bits per heavy atom. The van der Waals surface area contributed by atoms with Crippen molar-refractivity contribution in [1.82, 2.24) is 10.4 Å². The van der Waals surface area contributed by atoms with E-state index in [0.29, 0.717) is 5.02 Å². The Hall–Kier alpha value is -1.92. The standard InChI is InChI=1S/C16H15ClN2O4/c17-9-3-1-8(2-4-9)7-12(20)18-19-15(21)13-10-5-6-11(23-10)14(13)16(19)22/h1-4,10-11,13-14H,5-7H2,(H,18,20)/t10-,11-,13-,14-/m1/s1. The lowest BCUT2D eigenvalue weighted by Gasteiger charge is -2.18. The maximum atomic E-state index is 12.4. The first-order chi connectivity index (χ1) is 11.0. The van der Waals surface area contributed by atoms with Crippen LogP contribution >= 0.6 is 11.6 Å². The summed E-state index contributed by atoms with van der Waals surface area (Å²) in [5.41, 5.74) is 3.20. The van der Waals surface area contributed by atoms with Crippen molar-refractivity contribution in [2.24, 2.45) is 11.8 Å². The summed E-state index contributed by atoms with van der Waals surface area (Å²) in [6.45, 7) is 0. The van der Waals surface area contributed by atoms with Crippen LogP contribution in [0.1, 0.15) is 18.4 Å². The van der Waals surface area contributed by atoms with Crippen LogP contribution in [-0.2, 0) is 25.5 Å². The third kappa shape index (κ3) is 2.33. The monoisotopic (exact) mass is 334 g/mol. The first-order valence-corrected chi connectivity index (χ1v) is 7.99. The number of hydrogen-bond donors (Lipinski definition) is 1. The van der Waals surface area contributed by atoms with Gasteiger partial charge in [0.05, 0.1) is 30.5 Å². The molecule has 4 atom stereocenters. The van der Waals surface area contributed by atoms with Gasteiger partial charge in [0.25, 0.3) is 11.8 Å². The number of ether oxygens (including phenoxy) is 1. The van der Waals surface area contributed by atoms with Crippen LogP contribution in [0.3, 0.4) is 0 Å². The van der Waals surface area contributed by atoms with Crippen LogP contribution in [0.25, 0.3) is 0 Å².